The second kappa shape index (κ2) is 10.6. The zero-order valence-corrected chi connectivity index (χ0v) is 23.3. The van der Waals surface area contributed by atoms with Gasteiger partial charge in [-0.05, 0) is 95.1 Å². The average Bonchev–Trinajstić information content (AvgIpc) is 2.87. The number of aliphatic carboxylic acids is 1. The Hall–Kier alpha value is -2.72. The van der Waals surface area contributed by atoms with Crippen molar-refractivity contribution in [3.63, 3.8) is 0 Å². The van der Waals surface area contributed by atoms with Crippen molar-refractivity contribution >= 4 is 49.5 Å². The van der Waals surface area contributed by atoms with Crippen LogP contribution in [-0.2, 0) is 20.7 Å². The monoisotopic (exact) mass is 636 g/mol. The van der Waals surface area contributed by atoms with Gasteiger partial charge in [0.2, 0.25) is 0 Å². The smallest absolute Gasteiger partial charge is 0.334 e. The van der Waals surface area contributed by atoms with E-state index in [1.807, 2.05) is 36.4 Å². The lowest BCUT2D eigenvalue weighted by Gasteiger charge is -2.36. The highest BCUT2D eigenvalue weighted by Gasteiger charge is 2.42. The topological polar surface area (TPSA) is 95.9 Å². The van der Waals surface area contributed by atoms with E-state index in [1.54, 1.807) is 31.4 Å². The molecule has 1 aliphatic rings. The van der Waals surface area contributed by atoms with Crippen molar-refractivity contribution in [2.45, 2.75) is 29.0 Å². The normalized spacial score (nSPS) is 17.4. The van der Waals surface area contributed by atoms with Gasteiger partial charge in [0, 0.05) is 24.2 Å². The fourth-order valence-corrected chi connectivity index (χ4v) is 6.34. The Morgan fingerprint density at radius 1 is 1.05 bits per heavy atom. The minimum atomic E-state index is -4.07. The van der Waals surface area contributed by atoms with Gasteiger partial charge in [-0.25, -0.2) is 9.18 Å². The van der Waals surface area contributed by atoms with Gasteiger partial charge in [-0.2, -0.15) is 17.4 Å². The number of hydrogen-bond donors (Lipinski definition) is 2. The van der Waals surface area contributed by atoms with Crippen LogP contribution in [0.15, 0.2) is 60.7 Å². The molecule has 194 valence electrons. The number of fused-ring (bicyclic) bond motifs is 1. The minimum Gasteiger partial charge on any atom is -0.497 e. The molecule has 0 bridgehead atoms. The molecule has 1 heterocycles. The summed E-state index contributed by atoms with van der Waals surface area (Å²) in [4.78, 5) is 11.3. The molecule has 1 saturated heterocycles. The number of carbonyl (C=O) groups is 1. The van der Waals surface area contributed by atoms with Gasteiger partial charge in [0.25, 0.3) is 10.2 Å². The van der Waals surface area contributed by atoms with E-state index in [0.29, 0.717) is 5.56 Å². The molecule has 0 amide bonds. The standard InChI is InChI=1S/C27H26FIN2O5S/c1-26(29,25(32)33)30-37(34,35)31-15-13-27(28,14-16-31)23-10-6-19(7-11-23)3-4-20-5-8-22-18-24(36-2)12-9-21(22)17-20/h5-12,17-18,30H,13-16H2,1-2H3,(H,32,33). The molecule has 1 fully saturated rings. The zero-order valence-electron chi connectivity index (χ0n) is 20.3. The lowest BCUT2D eigenvalue weighted by molar-refractivity contribution is -0.139. The molecule has 3 aromatic rings. The molecular weight excluding hydrogens is 610 g/mol. The number of carboxylic acids is 1. The first-order chi connectivity index (χ1) is 17.4. The van der Waals surface area contributed by atoms with E-state index in [4.69, 9.17) is 4.74 Å². The van der Waals surface area contributed by atoms with Gasteiger partial charge < -0.3 is 9.84 Å². The van der Waals surface area contributed by atoms with Crippen LogP contribution in [0.4, 0.5) is 4.39 Å². The third-order valence-electron chi connectivity index (χ3n) is 6.38. The molecule has 4 rings (SSSR count). The van der Waals surface area contributed by atoms with Crippen LogP contribution >= 0.6 is 22.6 Å². The summed E-state index contributed by atoms with van der Waals surface area (Å²) >= 11 is 1.52. The number of methoxy groups -OCH3 is 1. The summed E-state index contributed by atoms with van der Waals surface area (Å²) in [5, 5.41) is 11.3. The molecule has 0 radical (unpaired) electrons. The number of hydrogen-bond acceptors (Lipinski definition) is 4. The number of ether oxygens (including phenoxy) is 1. The van der Waals surface area contributed by atoms with Crippen LogP contribution in [0.1, 0.15) is 36.5 Å². The number of nitrogens with zero attached hydrogens (tertiary/aromatic N) is 1. The van der Waals surface area contributed by atoms with Crippen molar-refractivity contribution in [1.29, 1.82) is 0 Å². The maximum atomic E-state index is 15.7. The van der Waals surface area contributed by atoms with Crippen molar-refractivity contribution in [1.82, 2.24) is 9.03 Å². The molecule has 0 saturated carbocycles. The molecule has 10 heteroatoms. The van der Waals surface area contributed by atoms with Gasteiger partial charge >= 0.3 is 5.97 Å². The summed E-state index contributed by atoms with van der Waals surface area (Å²) in [5.41, 5.74) is 0.377. The van der Waals surface area contributed by atoms with E-state index < -0.39 is 25.4 Å². The zero-order chi connectivity index (χ0) is 26.8. The molecule has 2 N–H and O–H groups in total. The summed E-state index contributed by atoms with van der Waals surface area (Å²) in [6.45, 7) is 1.12. The molecule has 37 heavy (non-hydrogen) atoms. The molecule has 1 atom stereocenters. The molecule has 1 unspecified atom stereocenters. The number of alkyl halides is 2. The van der Waals surface area contributed by atoms with E-state index in [9.17, 15) is 18.3 Å². The number of halogens is 2. The van der Waals surface area contributed by atoms with E-state index >= 15 is 4.39 Å². The highest BCUT2D eigenvalue weighted by Crippen LogP contribution is 2.38. The van der Waals surface area contributed by atoms with Crippen molar-refractivity contribution in [3.05, 3.63) is 77.4 Å². The molecule has 0 spiro atoms. The van der Waals surface area contributed by atoms with E-state index in [1.165, 1.54) is 29.5 Å². The second-order valence-electron chi connectivity index (χ2n) is 9.03. The van der Waals surface area contributed by atoms with Gasteiger partial charge in [0.05, 0.1) is 7.11 Å². The Morgan fingerprint density at radius 3 is 2.24 bits per heavy atom. The Morgan fingerprint density at radius 2 is 1.62 bits per heavy atom. The first-order valence-electron chi connectivity index (χ1n) is 11.5. The van der Waals surface area contributed by atoms with Gasteiger partial charge in [-0.3, -0.25) is 0 Å². The van der Waals surface area contributed by atoms with E-state index in [2.05, 4.69) is 16.6 Å². The Bertz CT molecular complexity index is 1490. The molecule has 3 aromatic carbocycles. The molecule has 7 nitrogen and oxygen atoms in total. The first kappa shape index (κ1) is 27.3. The number of rotatable bonds is 6. The van der Waals surface area contributed by atoms with Crippen molar-refractivity contribution < 1.29 is 27.4 Å². The summed E-state index contributed by atoms with van der Waals surface area (Å²) < 4.78 is 47.7. The number of nitrogens with one attached hydrogen (secondary N) is 1. The van der Waals surface area contributed by atoms with Crippen LogP contribution in [0.2, 0.25) is 0 Å². The maximum Gasteiger partial charge on any atom is 0.334 e. The van der Waals surface area contributed by atoms with E-state index in [-0.39, 0.29) is 25.9 Å². The third-order valence-corrected chi connectivity index (χ3v) is 9.19. The third kappa shape index (κ3) is 6.23. The van der Waals surface area contributed by atoms with Gasteiger partial charge in [0.15, 0.2) is 3.55 Å². The van der Waals surface area contributed by atoms with E-state index in [0.717, 1.165) is 32.0 Å². The van der Waals surface area contributed by atoms with Gasteiger partial charge in [0.1, 0.15) is 11.4 Å². The van der Waals surface area contributed by atoms with Crippen molar-refractivity contribution in [3.8, 4) is 17.6 Å². The summed E-state index contributed by atoms with van der Waals surface area (Å²) in [7, 11) is -2.44. The maximum absolute atomic E-state index is 15.7. The van der Waals surface area contributed by atoms with Crippen molar-refractivity contribution in [2.24, 2.45) is 0 Å². The number of carboxylic acid groups (broad SMARTS) is 1. The summed E-state index contributed by atoms with van der Waals surface area (Å²) in [5.74, 6) is 5.74. The largest absolute Gasteiger partial charge is 0.497 e. The van der Waals surface area contributed by atoms with Crippen LogP contribution in [0.3, 0.4) is 0 Å². The summed E-state index contributed by atoms with van der Waals surface area (Å²) in [6.07, 6.45) is -0.0717. The van der Waals surface area contributed by atoms with Crippen LogP contribution in [-0.4, -0.2) is 47.5 Å². The second-order valence-corrected chi connectivity index (χ2v) is 12.9. The Balaban J connectivity index is 1.42. The molecule has 1 aliphatic heterocycles. The number of piperidine rings is 1. The highest BCUT2D eigenvalue weighted by atomic mass is 127. The van der Waals surface area contributed by atoms with Crippen LogP contribution in [0, 0.1) is 11.8 Å². The first-order valence-corrected chi connectivity index (χ1v) is 14.0. The average molecular weight is 636 g/mol. The molecular formula is C27H26FIN2O5S. The number of benzene rings is 3. The fourth-order valence-electron chi connectivity index (χ4n) is 4.15. The predicted octanol–water partition coefficient (Wildman–Crippen LogP) is 4.58. The predicted molar refractivity (Wildman–Crippen MR) is 149 cm³/mol. The molecule has 0 aromatic heterocycles. The fraction of sp³-hybridized carbons (Fsp3) is 0.296. The highest BCUT2D eigenvalue weighted by molar-refractivity contribution is 14.1. The van der Waals surface area contributed by atoms with Gasteiger partial charge in [-0.1, -0.05) is 36.1 Å². The van der Waals surface area contributed by atoms with Crippen LogP contribution < -0.4 is 9.46 Å². The molecule has 0 aliphatic carbocycles. The van der Waals surface area contributed by atoms with Crippen LogP contribution in [0.5, 0.6) is 5.75 Å². The lowest BCUT2D eigenvalue weighted by atomic mass is 9.86. The Labute approximate surface area is 229 Å². The lowest BCUT2D eigenvalue weighted by Crippen LogP contribution is -2.55. The minimum absolute atomic E-state index is 0.0359. The van der Waals surface area contributed by atoms with Crippen molar-refractivity contribution in [2.75, 3.05) is 20.2 Å². The summed E-state index contributed by atoms with van der Waals surface area (Å²) in [6, 6.07) is 18.7. The quantitative estimate of drug-likeness (QED) is 0.179. The van der Waals surface area contributed by atoms with Gasteiger partial charge in [-0.15, -0.1) is 0 Å². The Kier molecular flexibility index (Phi) is 7.80. The van der Waals surface area contributed by atoms with Crippen LogP contribution in [0.25, 0.3) is 10.8 Å². The SMILES string of the molecule is COc1ccc2cc(C#Cc3ccc(C4(F)CCN(S(=O)(=O)NC(C)(I)C(=O)O)CC4)cc3)ccc2c1.